The summed E-state index contributed by atoms with van der Waals surface area (Å²) in [6.07, 6.45) is 2.53. The van der Waals surface area contributed by atoms with Crippen LogP contribution in [0.4, 0.5) is 0 Å². The van der Waals surface area contributed by atoms with Crippen molar-refractivity contribution in [2.24, 2.45) is 5.92 Å². The molecule has 0 radical (unpaired) electrons. The van der Waals surface area contributed by atoms with E-state index >= 15 is 0 Å². The van der Waals surface area contributed by atoms with Crippen molar-refractivity contribution in [1.82, 2.24) is 5.32 Å². The molecule has 1 N–H and O–H groups in total. The van der Waals surface area contributed by atoms with E-state index in [1.165, 1.54) is 12.8 Å². The third kappa shape index (κ3) is 2.20. The van der Waals surface area contributed by atoms with Crippen molar-refractivity contribution in [2.75, 3.05) is 13.1 Å². The maximum Gasteiger partial charge on any atom is 0.169 e. The van der Waals surface area contributed by atoms with E-state index in [4.69, 9.17) is 4.42 Å². The summed E-state index contributed by atoms with van der Waals surface area (Å²) in [6.45, 7) is 4.56. The summed E-state index contributed by atoms with van der Waals surface area (Å²) in [4.78, 5) is 0. The highest BCUT2D eigenvalue weighted by molar-refractivity contribution is 9.10. The highest BCUT2D eigenvalue weighted by Gasteiger charge is 2.23. The van der Waals surface area contributed by atoms with Crippen LogP contribution in [0.3, 0.4) is 0 Å². The fourth-order valence-corrected chi connectivity index (χ4v) is 2.47. The third-order valence-electron chi connectivity index (χ3n) is 3.13. The molecule has 1 aliphatic heterocycles. The second-order valence-electron chi connectivity index (χ2n) is 4.02. The Hall–Kier alpha value is -0.280. The lowest BCUT2D eigenvalue weighted by Gasteiger charge is -2.26. The van der Waals surface area contributed by atoms with E-state index in [0.29, 0.717) is 5.92 Å². The predicted molar refractivity (Wildman–Crippen MR) is 60.4 cm³/mol. The molecular formula is C11H16BrNO. The van der Waals surface area contributed by atoms with Crippen molar-refractivity contribution < 1.29 is 4.42 Å². The van der Waals surface area contributed by atoms with Gasteiger partial charge in [0.05, 0.1) is 0 Å². The molecule has 2 heterocycles. The Morgan fingerprint density at radius 1 is 1.43 bits per heavy atom. The lowest BCUT2D eigenvalue weighted by molar-refractivity contribution is 0.298. The van der Waals surface area contributed by atoms with Crippen LogP contribution in [0.1, 0.15) is 31.4 Å². The molecule has 0 bridgehead atoms. The summed E-state index contributed by atoms with van der Waals surface area (Å²) < 4.78 is 6.44. The molecule has 1 aromatic heterocycles. The molecule has 2 rings (SSSR count). The van der Waals surface area contributed by atoms with E-state index in [2.05, 4.69) is 34.2 Å². The van der Waals surface area contributed by atoms with Crippen molar-refractivity contribution >= 4 is 15.9 Å². The van der Waals surface area contributed by atoms with Crippen LogP contribution in [0.15, 0.2) is 21.2 Å². The van der Waals surface area contributed by atoms with Crippen molar-refractivity contribution in [2.45, 2.75) is 25.7 Å². The van der Waals surface area contributed by atoms with E-state index in [0.717, 1.165) is 29.4 Å². The Balaban J connectivity index is 2.03. The van der Waals surface area contributed by atoms with E-state index in [-0.39, 0.29) is 0 Å². The molecule has 14 heavy (non-hydrogen) atoms. The predicted octanol–water partition coefficient (Wildman–Crippen LogP) is 3.15. The van der Waals surface area contributed by atoms with Gasteiger partial charge < -0.3 is 9.73 Å². The highest BCUT2D eigenvalue weighted by Crippen LogP contribution is 2.32. The van der Waals surface area contributed by atoms with Gasteiger partial charge >= 0.3 is 0 Å². The van der Waals surface area contributed by atoms with E-state index < -0.39 is 0 Å². The zero-order valence-corrected chi connectivity index (χ0v) is 10.0. The van der Waals surface area contributed by atoms with Crippen molar-refractivity contribution in [1.29, 1.82) is 0 Å². The minimum absolute atomic E-state index is 0.545. The first-order valence-corrected chi connectivity index (χ1v) is 6.02. The van der Waals surface area contributed by atoms with Gasteiger partial charge in [-0.3, -0.25) is 0 Å². The Morgan fingerprint density at radius 3 is 2.71 bits per heavy atom. The van der Waals surface area contributed by atoms with Crippen LogP contribution in [0.5, 0.6) is 0 Å². The number of rotatable bonds is 2. The van der Waals surface area contributed by atoms with Crippen LogP contribution in [0.2, 0.25) is 0 Å². The normalized spacial score (nSPS) is 21.0. The van der Waals surface area contributed by atoms with E-state index in [9.17, 15) is 0 Å². The van der Waals surface area contributed by atoms with E-state index in [1.807, 2.05) is 6.07 Å². The molecule has 0 aromatic carbocycles. The minimum Gasteiger partial charge on any atom is -0.454 e. The lowest BCUT2D eigenvalue weighted by atomic mass is 9.85. The summed E-state index contributed by atoms with van der Waals surface area (Å²) in [7, 11) is 0. The number of furan rings is 1. The highest BCUT2D eigenvalue weighted by atomic mass is 79.9. The summed E-state index contributed by atoms with van der Waals surface area (Å²) in [5.74, 6) is 2.43. The zero-order chi connectivity index (χ0) is 9.97. The molecule has 1 aromatic rings. The molecule has 1 atom stereocenters. The Labute approximate surface area is 93.2 Å². The molecule has 1 aliphatic rings. The number of hydrogen-bond acceptors (Lipinski definition) is 2. The summed E-state index contributed by atoms with van der Waals surface area (Å²) >= 11 is 3.35. The van der Waals surface area contributed by atoms with Crippen molar-refractivity contribution in [3.8, 4) is 0 Å². The van der Waals surface area contributed by atoms with Gasteiger partial charge in [-0.05, 0) is 59.9 Å². The number of nitrogens with one attached hydrogen (secondary N) is 1. The molecule has 2 nitrogen and oxygen atoms in total. The Bertz CT molecular complexity index is 291. The second kappa shape index (κ2) is 4.49. The molecule has 0 amide bonds. The van der Waals surface area contributed by atoms with Crippen LogP contribution in [0, 0.1) is 5.92 Å². The maximum atomic E-state index is 5.59. The first kappa shape index (κ1) is 10.2. The van der Waals surface area contributed by atoms with Gasteiger partial charge in [0.1, 0.15) is 5.76 Å². The van der Waals surface area contributed by atoms with Gasteiger partial charge in [0.25, 0.3) is 0 Å². The minimum atomic E-state index is 0.545. The van der Waals surface area contributed by atoms with Gasteiger partial charge in [0.15, 0.2) is 4.67 Å². The SMILES string of the molecule is CC(c1ccc(Br)o1)C1CCNCC1. The number of piperidine rings is 1. The molecular weight excluding hydrogens is 242 g/mol. The largest absolute Gasteiger partial charge is 0.454 e. The smallest absolute Gasteiger partial charge is 0.169 e. The molecule has 0 saturated carbocycles. The van der Waals surface area contributed by atoms with Crippen molar-refractivity contribution in [3.63, 3.8) is 0 Å². The van der Waals surface area contributed by atoms with Crippen LogP contribution < -0.4 is 5.32 Å². The summed E-state index contributed by atoms with van der Waals surface area (Å²) in [6, 6.07) is 4.06. The third-order valence-corrected chi connectivity index (χ3v) is 3.56. The zero-order valence-electron chi connectivity index (χ0n) is 8.42. The fraction of sp³-hybridized carbons (Fsp3) is 0.636. The van der Waals surface area contributed by atoms with Gasteiger partial charge in [0, 0.05) is 5.92 Å². The van der Waals surface area contributed by atoms with Crippen LogP contribution >= 0.6 is 15.9 Å². The Morgan fingerprint density at radius 2 is 2.14 bits per heavy atom. The van der Waals surface area contributed by atoms with Gasteiger partial charge in [-0.15, -0.1) is 0 Å². The van der Waals surface area contributed by atoms with Gasteiger partial charge in [-0.2, -0.15) is 0 Å². The molecule has 0 aliphatic carbocycles. The number of hydrogen-bond donors (Lipinski definition) is 1. The second-order valence-corrected chi connectivity index (χ2v) is 4.80. The van der Waals surface area contributed by atoms with Gasteiger partial charge in [-0.1, -0.05) is 6.92 Å². The van der Waals surface area contributed by atoms with Crippen LogP contribution in [-0.4, -0.2) is 13.1 Å². The molecule has 1 unspecified atom stereocenters. The fourth-order valence-electron chi connectivity index (χ4n) is 2.15. The average Bonchev–Trinajstić information content (AvgIpc) is 2.65. The van der Waals surface area contributed by atoms with Crippen LogP contribution in [0.25, 0.3) is 0 Å². The first-order chi connectivity index (χ1) is 6.77. The van der Waals surface area contributed by atoms with Gasteiger partial charge in [0.2, 0.25) is 0 Å². The van der Waals surface area contributed by atoms with Crippen LogP contribution in [-0.2, 0) is 0 Å². The summed E-state index contributed by atoms with van der Waals surface area (Å²) in [5.41, 5.74) is 0. The lowest BCUT2D eigenvalue weighted by Crippen LogP contribution is -2.30. The monoisotopic (exact) mass is 257 g/mol. The Kier molecular flexibility index (Phi) is 3.29. The molecule has 3 heteroatoms. The first-order valence-electron chi connectivity index (χ1n) is 5.23. The number of halogens is 1. The standard InChI is InChI=1S/C11H16BrNO/c1-8(9-4-6-13-7-5-9)10-2-3-11(12)14-10/h2-3,8-9,13H,4-7H2,1H3. The molecule has 0 spiro atoms. The molecule has 1 fully saturated rings. The maximum absolute atomic E-state index is 5.59. The topological polar surface area (TPSA) is 25.2 Å². The van der Waals surface area contributed by atoms with E-state index in [1.54, 1.807) is 0 Å². The summed E-state index contributed by atoms with van der Waals surface area (Å²) in [5, 5.41) is 3.39. The molecule has 78 valence electrons. The van der Waals surface area contributed by atoms with Gasteiger partial charge in [-0.25, -0.2) is 0 Å². The quantitative estimate of drug-likeness (QED) is 0.881. The average molecular weight is 258 g/mol. The molecule has 1 saturated heterocycles. The van der Waals surface area contributed by atoms with Crippen molar-refractivity contribution in [3.05, 3.63) is 22.6 Å².